The van der Waals surface area contributed by atoms with Gasteiger partial charge in [-0.15, -0.1) is 0 Å². The van der Waals surface area contributed by atoms with Crippen LogP contribution < -0.4 is 15.2 Å². The molecule has 2 amide bonds. The number of nitro benzene ring substituents is 1. The molecule has 1 aliphatic rings. The Labute approximate surface area is 205 Å². The summed E-state index contributed by atoms with van der Waals surface area (Å²) in [5.74, 6) is -0.891. The van der Waals surface area contributed by atoms with Crippen molar-refractivity contribution in [3.05, 3.63) is 102 Å². The summed E-state index contributed by atoms with van der Waals surface area (Å²) in [6.45, 7) is 0.165. The number of benzene rings is 3. The lowest BCUT2D eigenvalue weighted by molar-refractivity contribution is -0.384. The maximum absolute atomic E-state index is 12.9. The lowest BCUT2D eigenvalue weighted by Gasteiger charge is -2.14. The Kier molecular flexibility index (Phi) is 6.57. The number of carbonyl (C=O) groups excluding carboxylic acids is 2. The Balaban J connectivity index is 1.67. The van der Waals surface area contributed by atoms with Crippen LogP contribution in [0.25, 0.3) is 6.08 Å². The summed E-state index contributed by atoms with van der Waals surface area (Å²) in [5, 5.41) is 12.4. The van der Waals surface area contributed by atoms with Gasteiger partial charge in [-0.05, 0) is 36.4 Å². The number of halogens is 2. The van der Waals surface area contributed by atoms with Crippen molar-refractivity contribution in [2.45, 2.75) is 6.61 Å². The summed E-state index contributed by atoms with van der Waals surface area (Å²) < 4.78 is 7.62. The Morgan fingerprint density at radius 3 is 2.48 bits per heavy atom. The Hall–Kier alpha value is -3.50. The number of nitrogens with zero attached hydrogens (tertiary/aromatic N) is 2. The van der Waals surface area contributed by atoms with E-state index in [9.17, 15) is 19.7 Å². The predicted octanol–water partition coefficient (Wildman–Crippen LogP) is 5.16. The van der Waals surface area contributed by atoms with E-state index in [0.717, 1.165) is 19.5 Å². The Bertz CT molecular complexity index is 1290. The van der Waals surface area contributed by atoms with Crippen molar-refractivity contribution in [1.82, 2.24) is 5.43 Å². The molecule has 0 radical (unpaired) electrons. The molecule has 3 aromatic rings. The van der Waals surface area contributed by atoms with Gasteiger partial charge in [-0.1, -0.05) is 56.1 Å². The number of amides is 2. The minimum absolute atomic E-state index is 0.158. The molecule has 0 aromatic heterocycles. The zero-order valence-corrected chi connectivity index (χ0v) is 20.0. The number of nitrogens with one attached hydrogen (secondary N) is 1. The molecule has 0 aliphatic carbocycles. The van der Waals surface area contributed by atoms with E-state index in [1.807, 2.05) is 18.2 Å². The van der Waals surface area contributed by atoms with E-state index in [1.54, 1.807) is 30.3 Å². The molecule has 0 spiro atoms. The molecule has 1 heterocycles. The molecule has 166 valence electrons. The van der Waals surface area contributed by atoms with Gasteiger partial charge in [0.05, 0.1) is 10.6 Å². The average Bonchev–Trinajstić information content (AvgIpc) is 3.08. The van der Waals surface area contributed by atoms with Crippen LogP contribution in [0.4, 0.5) is 11.4 Å². The van der Waals surface area contributed by atoms with Crippen LogP contribution in [0.2, 0.25) is 0 Å². The van der Waals surface area contributed by atoms with Gasteiger partial charge in [-0.3, -0.25) is 25.1 Å². The normalized spacial score (nSPS) is 14.5. The molecular weight excluding hydrogens is 558 g/mol. The van der Waals surface area contributed by atoms with Gasteiger partial charge >= 0.3 is 0 Å². The van der Waals surface area contributed by atoms with E-state index >= 15 is 0 Å². The van der Waals surface area contributed by atoms with Crippen molar-refractivity contribution in [3.8, 4) is 5.75 Å². The molecule has 0 bridgehead atoms. The first-order chi connectivity index (χ1) is 15.8. The number of carbonyl (C=O) groups is 2. The summed E-state index contributed by atoms with van der Waals surface area (Å²) in [4.78, 5) is 36.2. The fourth-order valence-corrected chi connectivity index (χ4v) is 4.32. The van der Waals surface area contributed by atoms with E-state index < -0.39 is 16.7 Å². The molecule has 33 heavy (non-hydrogen) atoms. The first-order valence-corrected chi connectivity index (χ1v) is 11.2. The molecule has 1 fully saturated rings. The van der Waals surface area contributed by atoms with Crippen molar-refractivity contribution >= 4 is 61.1 Å². The molecule has 10 heteroatoms. The minimum atomic E-state index is -0.614. The number of hydrogen-bond acceptors (Lipinski definition) is 5. The van der Waals surface area contributed by atoms with Crippen molar-refractivity contribution in [2.75, 3.05) is 5.01 Å². The SMILES string of the molecule is O=C1NN(c2ccccc2)C(=O)/C1=C\c1cc([N+](=O)[O-])ccc1OCc1ccc(Br)cc1Br. The quantitative estimate of drug-likeness (QED) is 0.190. The molecule has 4 rings (SSSR count). The van der Waals surface area contributed by atoms with Crippen LogP contribution in [0.15, 0.2) is 81.2 Å². The number of hydrazine groups is 1. The standard InChI is InChI=1S/C23H15Br2N3O5/c24-16-7-6-14(20(25)12-16)13-33-21-9-8-18(28(31)32)10-15(21)11-19-22(29)26-27(23(19)30)17-4-2-1-3-5-17/h1-12H,13H2,(H,26,29)/b19-11-. The van der Waals surface area contributed by atoms with Crippen molar-refractivity contribution < 1.29 is 19.2 Å². The predicted molar refractivity (Wildman–Crippen MR) is 129 cm³/mol. The smallest absolute Gasteiger partial charge is 0.282 e. The summed E-state index contributed by atoms with van der Waals surface area (Å²) in [7, 11) is 0. The second-order valence-corrected chi connectivity index (χ2v) is 8.75. The monoisotopic (exact) mass is 571 g/mol. The van der Waals surface area contributed by atoms with Crippen LogP contribution in [0, 0.1) is 10.1 Å². The molecule has 0 atom stereocenters. The first kappa shape index (κ1) is 22.7. The fraction of sp³-hybridized carbons (Fsp3) is 0.0435. The highest BCUT2D eigenvalue weighted by atomic mass is 79.9. The number of non-ortho nitro benzene ring substituents is 1. The van der Waals surface area contributed by atoms with Crippen LogP contribution >= 0.6 is 31.9 Å². The summed E-state index contributed by atoms with van der Waals surface area (Å²) in [5.41, 5.74) is 3.74. The molecule has 0 unspecified atom stereocenters. The third-order valence-electron chi connectivity index (χ3n) is 4.81. The molecule has 1 aliphatic heterocycles. The molecule has 8 nitrogen and oxygen atoms in total. The zero-order chi connectivity index (χ0) is 23.5. The van der Waals surface area contributed by atoms with Crippen LogP contribution in [-0.2, 0) is 16.2 Å². The highest BCUT2D eigenvalue weighted by Crippen LogP contribution is 2.30. The molecule has 1 N–H and O–H groups in total. The number of ether oxygens (including phenoxy) is 1. The van der Waals surface area contributed by atoms with E-state index in [-0.39, 0.29) is 23.4 Å². The molecule has 3 aromatic carbocycles. The lowest BCUT2D eigenvalue weighted by Crippen LogP contribution is -2.35. The van der Waals surface area contributed by atoms with Gasteiger partial charge in [-0.2, -0.15) is 0 Å². The highest BCUT2D eigenvalue weighted by Gasteiger charge is 2.34. The van der Waals surface area contributed by atoms with Gasteiger partial charge in [0.1, 0.15) is 17.9 Å². The van der Waals surface area contributed by atoms with Crippen molar-refractivity contribution in [1.29, 1.82) is 0 Å². The van der Waals surface area contributed by atoms with Gasteiger partial charge in [0.25, 0.3) is 17.5 Å². The third-order valence-corrected chi connectivity index (χ3v) is 6.04. The van der Waals surface area contributed by atoms with Gasteiger partial charge < -0.3 is 4.74 Å². The lowest BCUT2D eigenvalue weighted by atomic mass is 10.1. The van der Waals surface area contributed by atoms with Crippen LogP contribution in [-0.4, -0.2) is 16.7 Å². The Morgan fingerprint density at radius 1 is 1.03 bits per heavy atom. The summed E-state index contributed by atoms with van der Waals surface area (Å²) in [6.07, 6.45) is 1.31. The summed E-state index contributed by atoms with van der Waals surface area (Å²) in [6, 6.07) is 18.3. The number of hydrogen-bond donors (Lipinski definition) is 1. The molecule has 1 saturated heterocycles. The van der Waals surface area contributed by atoms with Crippen LogP contribution in [0.5, 0.6) is 5.75 Å². The van der Waals surface area contributed by atoms with E-state index in [1.165, 1.54) is 24.3 Å². The number of anilines is 1. The summed E-state index contributed by atoms with van der Waals surface area (Å²) >= 11 is 6.86. The zero-order valence-electron chi connectivity index (χ0n) is 16.8. The Morgan fingerprint density at radius 2 is 1.79 bits per heavy atom. The van der Waals surface area contributed by atoms with Crippen molar-refractivity contribution in [3.63, 3.8) is 0 Å². The first-order valence-electron chi connectivity index (χ1n) is 9.61. The van der Waals surface area contributed by atoms with E-state index in [4.69, 9.17) is 4.74 Å². The van der Waals surface area contributed by atoms with Crippen LogP contribution in [0.3, 0.4) is 0 Å². The minimum Gasteiger partial charge on any atom is -0.488 e. The molecular formula is C23H15Br2N3O5. The van der Waals surface area contributed by atoms with Gasteiger partial charge in [0.15, 0.2) is 0 Å². The number of para-hydroxylation sites is 1. The van der Waals surface area contributed by atoms with E-state index in [0.29, 0.717) is 11.4 Å². The largest absolute Gasteiger partial charge is 0.488 e. The maximum Gasteiger partial charge on any atom is 0.282 e. The number of nitro groups is 1. The van der Waals surface area contributed by atoms with Gasteiger partial charge in [-0.25, -0.2) is 5.01 Å². The topological polar surface area (TPSA) is 102 Å². The van der Waals surface area contributed by atoms with E-state index in [2.05, 4.69) is 37.3 Å². The maximum atomic E-state index is 12.9. The van der Waals surface area contributed by atoms with Gasteiger partial charge in [0.2, 0.25) is 0 Å². The highest BCUT2D eigenvalue weighted by molar-refractivity contribution is 9.11. The van der Waals surface area contributed by atoms with Crippen molar-refractivity contribution in [2.24, 2.45) is 0 Å². The average molecular weight is 573 g/mol. The fourth-order valence-electron chi connectivity index (χ4n) is 3.16. The molecule has 0 saturated carbocycles. The number of rotatable bonds is 6. The second kappa shape index (κ2) is 9.55. The van der Waals surface area contributed by atoms with Crippen LogP contribution in [0.1, 0.15) is 11.1 Å². The van der Waals surface area contributed by atoms with Gasteiger partial charge in [0, 0.05) is 32.2 Å². The second-order valence-electron chi connectivity index (χ2n) is 6.98. The third kappa shape index (κ3) is 4.96.